The van der Waals surface area contributed by atoms with E-state index in [1.165, 1.54) is 43.9 Å². The van der Waals surface area contributed by atoms with Crippen molar-refractivity contribution in [2.24, 2.45) is 0 Å². The molecule has 0 spiro atoms. The summed E-state index contributed by atoms with van der Waals surface area (Å²) in [7, 11) is 0. The van der Waals surface area contributed by atoms with Crippen LogP contribution in [0.15, 0.2) is 12.1 Å². The molecule has 2 heterocycles. The Hall–Kier alpha value is -1.69. The van der Waals surface area contributed by atoms with E-state index in [1.54, 1.807) is 12.1 Å². The molecule has 1 N–H and O–H groups in total. The van der Waals surface area contributed by atoms with Crippen LogP contribution in [0.2, 0.25) is 0 Å². The van der Waals surface area contributed by atoms with Gasteiger partial charge in [-0.1, -0.05) is 25.7 Å². The minimum absolute atomic E-state index is 0.0327. The summed E-state index contributed by atoms with van der Waals surface area (Å²) in [4.78, 5) is 39.1. The van der Waals surface area contributed by atoms with Crippen LogP contribution in [-0.2, 0) is 4.79 Å². The normalized spacial score (nSPS) is 22.5. The van der Waals surface area contributed by atoms with E-state index in [4.69, 9.17) is 0 Å². The standard InChI is InChI=1S/C18H24N2O3S/c1-12(21)15-8-9-16(24-15)18(23)19-13-10-17(22)20(11-13)14-6-4-2-3-5-7-14/h8-9,13-14H,2-7,10-11H2,1H3,(H,19,23)/t13-/m1/s1. The molecule has 1 aliphatic carbocycles. The molecule has 24 heavy (non-hydrogen) atoms. The van der Waals surface area contributed by atoms with E-state index in [1.807, 2.05) is 4.90 Å². The Morgan fingerprint density at radius 3 is 2.42 bits per heavy atom. The first-order valence-corrected chi connectivity index (χ1v) is 9.57. The van der Waals surface area contributed by atoms with Gasteiger partial charge in [-0.05, 0) is 31.9 Å². The van der Waals surface area contributed by atoms with Gasteiger partial charge >= 0.3 is 0 Å². The van der Waals surface area contributed by atoms with Gasteiger partial charge < -0.3 is 10.2 Å². The lowest BCUT2D eigenvalue weighted by atomic mass is 10.1. The van der Waals surface area contributed by atoms with E-state index < -0.39 is 0 Å². The summed E-state index contributed by atoms with van der Waals surface area (Å²) in [5.74, 6) is -0.0644. The molecular formula is C18H24N2O3S. The highest BCUT2D eigenvalue weighted by Crippen LogP contribution is 2.26. The highest BCUT2D eigenvalue weighted by Gasteiger charge is 2.35. The Morgan fingerprint density at radius 2 is 1.79 bits per heavy atom. The van der Waals surface area contributed by atoms with Crippen LogP contribution in [0.4, 0.5) is 0 Å². The SMILES string of the molecule is CC(=O)c1ccc(C(=O)N[C@@H]2CC(=O)N(C3CCCCCC3)C2)s1. The fraction of sp³-hybridized carbons (Fsp3) is 0.611. The number of nitrogens with one attached hydrogen (secondary N) is 1. The summed E-state index contributed by atoms with van der Waals surface area (Å²) in [5, 5.41) is 2.96. The van der Waals surface area contributed by atoms with Gasteiger partial charge in [-0.25, -0.2) is 0 Å². The van der Waals surface area contributed by atoms with Gasteiger partial charge in [-0.15, -0.1) is 11.3 Å². The molecule has 3 rings (SSSR count). The van der Waals surface area contributed by atoms with Crippen LogP contribution in [0.1, 0.15) is 71.2 Å². The van der Waals surface area contributed by atoms with Crippen LogP contribution in [-0.4, -0.2) is 41.1 Å². The van der Waals surface area contributed by atoms with Gasteiger partial charge in [0, 0.05) is 19.0 Å². The van der Waals surface area contributed by atoms with Crippen molar-refractivity contribution in [2.75, 3.05) is 6.54 Å². The Bertz CT molecular complexity index is 632. The molecule has 1 saturated heterocycles. The number of ketones is 1. The molecule has 1 aliphatic heterocycles. The Morgan fingerprint density at radius 1 is 1.12 bits per heavy atom. The molecule has 1 aromatic rings. The lowest BCUT2D eigenvalue weighted by molar-refractivity contribution is -0.129. The Labute approximate surface area is 146 Å². The molecule has 1 aromatic heterocycles. The summed E-state index contributed by atoms with van der Waals surface area (Å²) in [6.07, 6.45) is 7.44. The zero-order valence-electron chi connectivity index (χ0n) is 14.0. The Kier molecular flexibility index (Phi) is 5.33. The highest BCUT2D eigenvalue weighted by atomic mass is 32.1. The van der Waals surface area contributed by atoms with E-state index in [0.29, 0.717) is 28.8 Å². The van der Waals surface area contributed by atoms with Crippen LogP contribution >= 0.6 is 11.3 Å². The molecule has 1 saturated carbocycles. The number of thiophene rings is 1. The molecular weight excluding hydrogens is 324 g/mol. The maximum atomic E-state index is 12.3. The van der Waals surface area contributed by atoms with Gasteiger partial charge in [0.25, 0.3) is 5.91 Å². The fourth-order valence-corrected chi connectivity index (χ4v) is 4.46. The number of carbonyl (C=O) groups is 3. The number of hydrogen-bond donors (Lipinski definition) is 1. The summed E-state index contributed by atoms with van der Waals surface area (Å²) in [6.45, 7) is 2.11. The second-order valence-electron chi connectivity index (χ2n) is 6.79. The van der Waals surface area contributed by atoms with E-state index >= 15 is 0 Å². The van der Waals surface area contributed by atoms with Crippen molar-refractivity contribution in [3.8, 4) is 0 Å². The third-order valence-electron chi connectivity index (χ3n) is 4.94. The molecule has 2 fully saturated rings. The lowest BCUT2D eigenvalue weighted by Gasteiger charge is -2.27. The van der Waals surface area contributed by atoms with Crippen molar-refractivity contribution >= 4 is 28.9 Å². The summed E-state index contributed by atoms with van der Waals surface area (Å²) in [5.41, 5.74) is 0. The molecule has 130 valence electrons. The number of likely N-dealkylation sites (tertiary alicyclic amines) is 1. The average molecular weight is 348 g/mol. The van der Waals surface area contributed by atoms with E-state index in [-0.39, 0.29) is 23.6 Å². The highest BCUT2D eigenvalue weighted by molar-refractivity contribution is 7.15. The van der Waals surface area contributed by atoms with Gasteiger partial charge in [0.05, 0.1) is 15.8 Å². The zero-order chi connectivity index (χ0) is 17.1. The van der Waals surface area contributed by atoms with Crippen LogP contribution < -0.4 is 5.32 Å². The molecule has 5 nitrogen and oxygen atoms in total. The molecule has 0 bridgehead atoms. The van der Waals surface area contributed by atoms with Crippen molar-refractivity contribution in [2.45, 2.75) is 64.0 Å². The van der Waals surface area contributed by atoms with E-state index in [9.17, 15) is 14.4 Å². The van der Waals surface area contributed by atoms with Crippen molar-refractivity contribution in [3.63, 3.8) is 0 Å². The number of rotatable bonds is 4. The minimum Gasteiger partial charge on any atom is -0.346 e. The summed E-state index contributed by atoms with van der Waals surface area (Å²) >= 11 is 1.20. The number of nitrogens with zero attached hydrogens (tertiary/aromatic N) is 1. The first-order chi connectivity index (χ1) is 11.5. The van der Waals surface area contributed by atoms with Crippen LogP contribution in [0.25, 0.3) is 0 Å². The van der Waals surface area contributed by atoms with Gasteiger partial charge in [0.2, 0.25) is 5.91 Å². The lowest BCUT2D eigenvalue weighted by Crippen LogP contribution is -2.40. The maximum Gasteiger partial charge on any atom is 0.261 e. The maximum absolute atomic E-state index is 12.3. The van der Waals surface area contributed by atoms with Gasteiger partial charge in [0.1, 0.15) is 0 Å². The second-order valence-corrected chi connectivity index (χ2v) is 7.87. The topological polar surface area (TPSA) is 66.5 Å². The fourth-order valence-electron chi connectivity index (χ4n) is 3.66. The van der Waals surface area contributed by atoms with E-state index in [0.717, 1.165) is 12.8 Å². The predicted octanol–water partition coefficient (Wildman–Crippen LogP) is 3.00. The van der Waals surface area contributed by atoms with Crippen LogP contribution in [0.3, 0.4) is 0 Å². The number of Topliss-reactive ketones (excluding diaryl/α,β-unsaturated/α-hetero) is 1. The molecule has 0 unspecified atom stereocenters. The van der Waals surface area contributed by atoms with Crippen molar-refractivity contribution < 1.29 is 14.4 Å². The summed E-state index contributed by atoms with van der Waals surface area (Å²) < 4.78 is 0. The molecule has 2 aliphatic rings. The Balaban J connectivity index is 1.58. The molecule has 6 heteroatoms. The minimum atomic E-state index is -0.187. The number of carbonyl (C=O) groups excluding carboxylic acids is 3. The van der Waals surface area contributed by atoms with E-state index in [2.05, 4.69) is 5.32 Å². The second kappa shape index (κ2) is 7.47. The van der Waals surface area contributed by atoms with Crippen molar-refractivity contribution in [1.29, 1.82) is 0 Å². The zero-order valence-corrected chi connectivity index (χ0v) is 14.9. The van der Waals surface area contributed by atoms with Gasteiger partial charge in [-0.2, -0.15) is 0 Å². The van der Waals surface area contributed by atoms with Gasteiger partial charge in [0.15, 0.2) is 5.78 Å². The number of amides is 2. The number of hydrogen-bond acceptors (Lipinski definition) is 4. The molecule has 1 atom stereocenters. The third kappa shape index (κ3) is 3.86. The molecule has 0 aromatic carbocycles. The largest absolute Gasteiger partial charge is 0.346 e. The predicted molar refractivity (Wildman–Crippen MR) is 93.4 cm³/mol. The van der Waals surface area contributed by atoms with Gasteiger partial charge in [-0.3, -0.25) is 14.4 Å². The van der Waals surface area contributed by atoms with Crippen molar-refractivity contribution in [3.05, 3.63) is 21.9 Å². The smallest absolute Gasteiger partial charge is 0.261 e. The average Bonchev–Trinajstić information content (AvgIpc) is 3.07. The first-order valence-electron chi connectivity index (χ1n) is 8.75. The summed E-state index contributed by atoms with van der Waals surface area (Å²) in [6, 6.07) is 3.57. The van der Waals surface area contributed by atoms with Crippen LogP contribution in [0.5, 0.6) is 0 Å². The van der Waals surface area contributed by atoms with Crippen LogP contribution in [0, 0.1) is 0 Å². The monoisotopic (exact) mass is 348 g/mol. The van der Waals surface area contributed by atoms with Crippen molar-refractivity contribution in [1.82, 2.24) is 10.2 Å². The first kappa shape index (κ1) is 17.1. The molecule has 0 radical (unpaired) electrons. The quantitative estimate of drug-likeness (QED) is 0.672. The third-order valence-corrected chi connectivity index (χ3v) is 6.12. The molecule has 2 amide bonds.